The third kappa shape index (κ3) is 4.37. The number of amides is 2. The molecular formula is C21H23N3O4. The average molecular weight is 381 g/mol. The summed E-state index contributed by atoms with van der Waals surface area (Å²) >= 11 is 0. The number of hydrogen-bond donors (Lipinski definition) is 1. The summed E-state index contributed by atoms with van der Waals surface area (Å²) in [7, 11) is 3.31. The van der Waals surface area contributed by atoms with Gasteiger partial charge in [-0.2, -0.15) is 0 Å². The number of ether oxygens (including phenoxy) is 1. The molecule has 1 heterocycles. The number of benzene rings is 2. The fraction of sp³-hybridized carbons (Fsp3) is 0.286. The van der Waals surface area contributed by atoms with E-state index in [0.29, 0.717) is 29.9 Å². The average Bonchev–Trinajstić information content (AvgIpc) is 2.73. The first-order valence-corrected chi connectivity index (χ1v) is 9.06. The fourth-order valence-electron chi connectivity index (χ4n) is 3.06. The zero-order valence-electron chi connectivity index (χ0n) is 16.0. The van der Waals surface area contributed by atoms with E-state index in [2.05, 4.69) is 10.2 Å². The number of rotatable bonds is 4. The smallest absolute Gasteiger partial charge is 0.337 e. The molecule has 0 spiro atoms. The number of carbonyl (C=O) groups excluding carboxylic acids is 3. The maximum Gasteiger partial charge on any atom is 0.337 e. The van der Waals surface area contributed by atoms with Crippen LogP contribution < -0.4 is 5.32 Å². The summed E-state index contributed by atoms with van der Waals surface area (Å²) in [5.41, 5.74) is 1.49. The standard InChI is InChI=1S/C21H23N3O4/c1-23-10-12-24(13-11-23)20(26)17-8-3-4-9-18(17)22-19(25)15-6-5-7-16(14-15)21(27)28-2/h3-9,14H,10-13H2,1-2H3,(H,22,25). The summed E-state index contributed by atoms with van der Waals surface area (Å²) in [6, 6.07) is 13.2. The first kappa shape index (κ1) is 19.6. The summed E-state index contributed by atoms with van der Waals surface area (Å²) in [4.78, 5) is 41.2. The number of carbonyl (C=O) groups is 3. The van der Waals surface area contributed by atoms with Crippen molar-refractivity contribution in [1.82, 2.24) is 9.80 Å². The number of likely N-dealkylation sites (N-methyl/N-ethyl adjacent to an activating group) is 1. The van der Waals surface area contributed by atoms with Crippen LogP contribution in [0.4, 0.5) is 5.69 Å². The maximum atomic E-state index is 12.9. The van der Waals surface area contributed by atoms with Crippen molar-refractivity contribution >= 4 is 23.5 Å². The largest absolute Gasteiger partial charge is 0.465 e. The number of hydrogen-bond acceptors (Lipinski definition) is 5. The zero-order valence-corrected chi connectivity index (χ0v) is 16.0. The molecule has 7 nitrogen and oxygen atoms in total. The Kier molecular flexibility index (Phi) is 6.06. The lowest BCUT2D eigenvalue weighted by molar-refractivity contribution is 0.0600. The molecule has 1 N–H and O–H groups in total. The van der Waals surface area contributed by atoms with Gasteiger partial charge in [0.2, 0.25) is 0 Å². The van der Waals surface area contributed by atoms with Gasteiger partial charge in [-0.15, -0.1) is 0 Å². The van der Waals surface area contributed by atoms with Gasteiger partial charge in [-0.1, -0.05) is 18.2 Å². The van der Waals surface area contributed by atoms with E-state index >= 15 is 0 Å². The lowest BCUT2D eigenvalue weighted by Gasteiger charge is -2.32. The predicted molar refractivity (Wildman–Crippen MR) is 106 cm³/mol. The Balaban J connectivity index is 1.79. The van der Waals surface area contributed by atoms with Gasteiger partial charge in [-0.25, -0.2) is 4.79 Å². The van der Waals surface area contributed by atoms with Crippen molar-refractivity contribution < 1.29 is 19.1 Å². The molecular weight excluding hydrogens is 358 g/mol. The third-order valence-electron chi connectivity index (χ3n) is 4.74. The van der Waals surface area contributed by atoms with Crippen molar-refractivity contribution in [2.75, 3.05) is 45.7 Å². The number of nitrogens with zero attached hydrogens (tertiary/aromatic N) is 2. The van der Waals surface area contributed by atoms with Crippen LogP contribution in [0.15, 0.2) is 48.5 Å². The van der Waals surface area contributed by atoms with Gasteiger partial charge in [0.1, 0.15) is 0 Å². The summed E-state index contributed by atoms with van der Waals surface area (Å²) in [5.74, 6) is -1.02. The van der Waals surface area contributed by atoms with E-state index in [0.717, 1.165) is 13.1 Å². The van der Waals surface area contributed by atoms with Crippen molar-refractivity contribution in [2.45, 2.75) is 0 Å². The molecule has 146 valence electrons. The molecule has 0 bridgehead atoms. The molecule has 2 aromatic carbocycles. The van der Waals surface area contributed by atoms with Crippen molar-refractivity contribution in [3.05, 3.63) is 65.2 Å². The molecule has 1 aliphatic heterocycles. The normalized spacial score (nSPS) is 14.4. The van der Waals surface area contributed by atoms with Gasteiger partial charge in [0.05, 0.1) is 23.9 Å². The third-order valence-corrected chi connectivity index (χ3v) is 4.74. The second kappa shape index (κ2) is 8.67. The minimum atomic E-state index is -0.514. The molecule has 0 radical (unpaired) electrons. The van der Waals surface area contributed by atoms with Crippen LogP contribution in [0, 0.1) is 0 Å². The van der Waals surface area contributed by atoms with Crippen LogP contribution in [0.2, 0.25) is 0 Å². The second-order valence-electron chi connectivity index (χ2n) is 6.67. The summed E-state index contributed by atoms with van der Waals surface area (Å²) < 4.78 is 4.69. The van der Waals surface area contributed by atoms with Gasteiger partial charge in [-0.3, -0.25) is 9.59 Å². The Hall–Kier alpha value is -3.19. The van der Waals surface area contributed by atoms with E-state index in [1.165, 1.54) is 13.2 Å². The lowest BCUT2D eigenvalue weighted by atomic mass is 10.1. The van der Waals surface area contributed by atoms with Crippen LogP contribution in [0.5, 0.6) is 0 Å². The highest BCUT2D eigenvalue weighted by Gasteiger charge is 2.23. The lowest BCUT2D eigenvalue weighted by Crippen LogP contribution is -2.47. The van der Waals surface area contributed by atoms with E-state index in [1.807, 2.05) is 7.05 Å². The molecule has 1 aliphatic rings. The van der Waals surface area contributed by atoms with E-state index in [1.54, 1.807) is 47.4 Å². The second-order valence-corrected chi connectivity index (χ2v) is 6.67. The summed E-state index contributed by atoms with van der Waals surface area (Å²) in [6.07, 6.45) is 0. The molecule has 2 amide bonds. The zero-order chi connectivity index (χ0) is 20.1. The van der Waals surface area contributed by atoms with E-state index in [4.69, 9.17) is 4.74 Å². The minimum Gasteiger partial charge on any atom is -0.465 e. The number of para-hydroxylation sites is 1. The Morgan fingerprint density at radius 2 is 1.61 bits per heavy atom. The Morgan fingerprint density at radius 3 is 2.32 bits per heavy atom. The van der Waals surface area contributed by atoms with Gasteiger partial charge in [0.25, 0.3) is 11.8 Å². The van der Waals surface area contributed by atoms with Crippen LogP contribution in [0.3, 0.4) is 0 Å². The maximum absolute atomic E-state index is 12.9. The molecule has 0 atom stereocenters. The van der Waals surface area contributed by atoms with Crippen LogP contribution in [0.1, 0.15) is 31.1 Å². The minimum absolute atomic E-state index is 0.104. The van der Waals surface area contributed by atoms with Crippen molar-refractivity contribution in [3.63, 3.8) is 0 Å². The first-order valence-electron chi connectivity index (χ1n) is 9.06. The quantitative estimate of drug-likeness (QED) is 0.821. The van der Waals surface area contributed by atoms with Crippen LogP contribution >= 0.6 is 0 Å². The van der Waals surface area contributed by atoms with Gasteiger partial charge in [0, 0.05) is 31.7 Å². The topological polar surface area (TPSA) is 78.9 Å². The van der Waals surface area contributed by atoms with E-state index in [9.17, 15) is 14.4 Å². The van der Waals surface area contributed by atoms with Crippen LogP contribution in [0.25, 0.3) is 0 Å². The van der Waals surface area contributed by atoms with Gasteiger partial charge in [0.15, 0.2) is 0 Å². The molecule has 1 fully saturated rings. The summed E-state index contributed by atoms with van der Waals surface area (Å²) in [5, 5.41) is 2.79. The molecule has 7 heteroatoms. The highest BCUT2D eigenvalue weighted by Crippen LogP contribution is 2.19. The molecule has 28 heavy (non-hydrogen) atoms. The molecule has 2 aromatic rings. The Bertz CT molecular complexity index is 889. The predicted octanol–water partition coefficient (Wildman–Crippen LogP) is 2.11. The number of esters is 1. The highest BCUT2D eigenvalue weighted by molar-refractivity contribution is 6.09. The van der Waals surface area contributed by atoms with E-state index in [-0.39, 0.29) is 11.5 Å². The van der Waals surface area contributed by atoms with Crippen molar-refractivity contribution in [3.8, 4) is 0 Å². The SMILES string of the molecule is COC(=O)c1cccc(C(=O)Nc2ccccc2C(=O)N2CCN(C)CC2)c1. The molecule has 0 aliphatic carbocycles. The molecule has 1 saturated heterocycles. The van der Waals surface area contributed by atoms with Gasteiger partial charge in [-0.05, 0) is 37.4 Å². The molecule has 0 saturated carbocycles. The van der Waals surface area contributed by atoms with Crippen LogP contribution in [-0.2, 0) is 4.74 Å². The number of piperazine rings is 1. The van der Waals surface area contributed by atoms with Crippen LogP contribution in [-0.4, -0.2) is 67.9 Å². The molecule has 0 aromatic heterocycles. The Morgan fingerprint density at radius 1 is 0.929 bits per heavy atom. The van der Waals surface area contributed by atoms with E-state index < -0.39 is 11.9 Å². The number of anilines is 1. The van der Waals surface area contributed by atoms with Gasteiger partial charge >= 0.3 is 5.97 Å². The van der Waals surface area contributed by atoms with Crippen molar-refractivity contribution in [1.29, 1.82) is 0 Å². The summed E-state index contributed by atoms with van der Waals surface area (Å²) in [6.45, 7) is 2.94. The molecule has 0 unspecified atom stereocenters. The number of nitrogens with one attached hydrogen (secondary N) is 1. The Labute approximate surface area is 163 Å². The van der Waals surface area contributed by atoms with Crippen molar-refractivity contribution in [2.24, 2.45) is 0 Å². The fourth-order valence-corrected chi connectivity index (χ4v) is 3.06. The first-order chi connectivity index (χ1) is 13.5. The van der Waals surface area contributed by atoms with Gasteiger partial charge < -0.3 is 19.9 Å². The number of methoxy groups -OCH3 is 1. The highest BCUT2D eigenvalue weighted by atomic mass is 16.5. The monoisotopic (exact) mass is 381 g/mol. The molecule has 3 rings (SSSR count).